The van der Waals surface area contributed by atoms with Crippen LogP contribution in [0.25, 0.3) is 10.9 Å². The Balaban J connectivity index is 1.57. The number of benzene rings is 2. The minimum absolute atomic E-state index is 0.0189. The number of aliphatic hydroxyl groups excluding tert-OH is 1. The number of nitrogens with one attached hydrogen (secondary N) is 1. The molecule has 2 atom stereocenters. The highest BCUT2D eigenvalue weighted by Crippen LogP contribution is 2.49. The number of rotatable bonds is 8. The van der Waals surface area contributed by atoms with Crippen LogP contribution < -0.4 is 0 Å². The Morgan fingerprint density at radius 3 is 2.73 bits per heavy atom. The lowest BCUT2D eigenvalue weighted by atomic mass is 9.81. The molecule has 0 saturated carbocycles. The molecule has 196 valence electrons. The highest BCUT2D eigenvalue weighted by molar-refractivity contribution is 6.31. The second-order valence-electron chi connectivity index (χ2n) is 9.90. The number of aromatic amines is 1. The van der Waals surface area contributed by atoms with E-state index >= 15 is 0 Å². The first-order valence-corrected chi connectivity index (χ1v) is 12.8. The zero-order chi connectivity index (χ0) is 26.5. The van der Waals surface area contributed by atoms with Gasteiger partial charge < -0.3 is 20.1 Å². The summed E-state index contributed by atoms with van der Waals surface area (Å²) in [6.45, 7) is 6.01. The molecular weight excluding hydrogens is 499 g/mol. The summed E-state index contributed by atoms with van der Waals surface area (Å²) in [7, 11) is 0. The van der Waals surface area contributed by atoms with Gasteiger partial charge in [0.15, 0.2) is 0 Å². The lowest BCUT2D eigenvalue weighted by Gasteiger charge is -2.42. The molecule has 8 nitrogen and oxygen atoms in total. The number of aromatic nitrogens is 1. The number of likely N-dealkylation sites (N-methyl/N-ethyl adjacent to an activating group) is 1. The minimum Gasteiger partial charge on any atom is -0.508 e. The van der Waals surface area contributed by atoms with Crippen LogP contribution in [0, 0.1) is 5.82 Å². The van der Waals surface area contributed by atoms with Crippen LogP contribution in [0.1, 0.15) is 43.1 Å². The SMILES string of the molecule is CCN(CCO)CCCN1C(=O)N2[C@H](c3cccc(O)c3)c3[nH]c4cc(F)c(Cl)cc4c3C[C@@]2(C)C1=O. The molecule has 0 aliphatic carbocycles. The van der Waals surface area contributed by atoms with Gasteiger partial charge in [0.2, 0.25) is 0 Å². The molecule has 3 N–H and O–H groups in total. The number of hydrogen-bond donors (Lipinski definition) is 3. The number of urea groups is 1. The summed E-state index contributed by atoms with van der Waals surface area (Å²) in [4.78, 5) is 35.9. The molecule has 5 rings (SSSR count). The second kappa shape index (κ2) is 9.63. The molecule has 1 saturated heterocycles. The molecule has 2 aliphatic heterocycles. The molecule has 10 heteroatoms. The molecule has 1 aromatic heterocycles. The van der Waals surface area contributed by atoms with E-state index in [1.54, 1.807) is 42.2 Å². The lowest BCUT2D eigenvalue weighted by molar-refractivity contribution is -0.133. The summed E-state index contributed by atoms with van der Waals surface area (Å²) in [5, 5.41) is 20.2. The molecule has 2 aromatic carbocycles. The van der Waals surface area contributed by atoms with Crippen LogP contribution in [0.3, 0.4) is 0 Å². The number of phenols is 1. The van der Waals surface area contributed by atoms with Crippen LogP contribution in [0.15, 0.2) is 36.4 Å². The molecular formula is C27H30ClFN4O4. The monoisotopic (exact) mass is 528 g/mol. The Morgan fingerprint density at radius 1 is 1.24 bits per heavy atom. The van der Waals surface area contributed by atoms with Crippen molar-refractivity contribution in [3.8, 4) is 5.75 Å². The zero-order valence-electron chi connectivity index (χ0n) is 20.8. The average molecular weight is 529 g/mol. The molecule has 3 aromatic rings. The largest absolute Gasteiger partial charge is 0.508 e. The van der Waals surface area contributed by atoms with E-state index in [-0.39, 0.29) is 36.3 Å². The van der Waals surface area contributed by atoms with Gasteiger partial charge in [0.1, 0.15) is 23.1 Å². The Hall–Kier alpha value is -3.14. The molecule has 0 spiro atoms. The van der Waals surface area contributed by atoms with Crippen LogP contribution in [-0.2, 0) is 11.2 Å². The van der Waals surface area contributed by atoms with Gasteiger partial charge >= 0.3 is 6.03 Å². The number of H-pyrrole nitrogens is 1. The van der Waals surface area contributed by atoms with E-state index in [0.717, 1.165) is 12.1 Å². The number of aliphatic hydroxyl groups is 1. The summed E-state index contributed by atoms with van der Waals surface area (Å²) in [6, 6.07) is 8.39. The molecule has 3 heterocycles. The second-order valence-corrected chi connectivity index (χ2v) is 10.3. The van der Waals surface area contributed by atoms with Crippen molar-refractivity contribution in [2.24, 2.45) is 0 Å². The van der Waals surface area contributed by atoms with E-state index in [1.807, 2.05) is 6.92 Å². The van der Waals surface area contributed by atoms with Gasteiger partial charge in [0, 0.05) is 36.1 Å². The highest BCUT2D eigenvalue weighted by Gasteiger charge is 2.60. The Morgan fingerprint density at radius 2 is 2.03 bits per heavy atom. The van der Waals surface area contributed by atoms with E-state index in [0.29, 0.717) is 41.7 Å². The highest BCUT2D eigenvalue weighted by atomic mass is 35.5. The maximum absolute atomic E-state index is 14.3. The average Bonchev–Trinajstić information content (AvgIpc) is 3.29. The summed E-state index contributed by atoms with van der Waals surface area (Å²) < 4.78 is 14.3. The maximum Gasteiger partial charge on any atom is 0.328 e. The van der Waals surface area contributed by atoms with Crippen molar-refractivity contribution >= 4 is 34.4 Å². The first kappa shape index (κ1) is 25.5. The van der Waals surface area contributed by atoms with Crippen LogP contribution in [0.4, 0.5) is 9.18 Å². The van der Waals surface area contributed by atoms with Gasteiger partial charge in [-0.1, -0.05) is 30.7 Å². The van der Waals surface area contributed by atoms with Gasteiger partial charge in [-0.15, -0.1) is 0 Å². The number of imide groups is 1. The summed E-state index contributed by atoms with van der Waals surface area (Å²) in [5.41, 5.74) is 1.46. The number of carbonyl (C=O) groups excluding carboxylic acids is 2. The third-order valence-corrected chi connectivity index (χ3v) is 7.90. The van der Waals surface area contributed by atoms with Gasteiger partial charge in [0.05, 0.1) is 11.6 Å². The first-order valence-electron chi connectivity index (χ1n) is 12.5. The number of amides is 3. The van der Waals surface area contributed by atoms with Crippen LogP contribution in [0.2, 0.25) is 5.02 Å². The maximum atomic E-state index is 14.3. The topological polar surface area (TPSA) is 100 Å². The van der Waals surface area contributed by atoms with E-state index < -0.39 is 23.4 Å². The van der Waals surface area contributed by atoms with Crippen molar-refractivity contribution in [2.75, 3.05) is 32.8 Å². The van der Waals surface area contributed by atoms with Gasteiger partial charge in [-0.2, -0.15) is 0 Å². The van der Waals surface area contributed by atoms with Crippen molar-refractivity contribution in [1.29, 1.82) is 0 Å². The number of halogens is 2. The Labute approximate surface area is 219 Å². The first-order chi connectivity index (χ1) is 17.7. The standard InChI is InChI=1S/C27H30ClFN4O4/c1-3-31(10-11-34)8-5-9-32-25(36)27(2)15-19-18-13-20(28)21(29)14-22(18)30-23(19)24(33(27)26(32)37)16-6-4-7-17(35)12-16/h4,6-7,12-14,24,30,34-35H,3,5,8-11,15H2,1-2H3/t24-,27+/m1/s1. The third-order valence-electron chi connectivity index (χ3n) is 7.61. The minimum atomic E-state index is -1.17. The van der Waals surface area contributed by atoms with Crippen molar-refractivity contribution in [3.05, 3.63) is 64.1 Å². The van der Waals surface area contributed by atoms with Crippen LogP contribution >= 0.6 is 11.6 Å². The molecule has 0 unspecified atom stereocenters. The van der Waals surface area contributed by atoms with Crippen LogP contribution in [-0.4, -0.2) is 80.2 Å². The number of carbonyl (C=O) groups is 2. The Kier molecular flexibility index (Phi) is 6.64. The van der Waals surface area contributed by atoms with Crippen molar-refractivity contribution in [3.63, 3.8) is 0 Å². The number of phenolic OH excluding ortho intramolecular Hbond substituents is 1. The molecule has 0 bridgehead atoms. The van der Waals surface area contributed by atoms with E-state index in [9.17, 15) is 24.2 Å². The molecule has 0 radical (unpaired) electrons. The fourth-order valence-electron chi connectivity index (χ4n) is 5.77. The number of aromatic hydroxyl groups is 1. The molecule has 1 fully saturated rings. The van der Waals surface area contributed by atoms with Crippen LogP contribution in [0.5, 0.6) is 5.75 Å². The van der Waals surface area contributed by atoms with Gasteiger partial charge in [-0.05, 0) is 61.8 Å². The predicted molar refractivity (Wildman–Crippen MR) is 138 cm³/mol. The molecule has 37 heavy (non-hydrogen) atoms. The van der Waals surface area contributed by atoms with E-state index in [1.165, 1.54) is 11.0 Å². The fraction of sp³-hybridized carbons (Fsp3) is 0.407. The smallest absolute Gasteiger partial charge is 0.328 e. The molecule has 3 amide bonds. The molecule has 2 aliphatic rings. The van der Waals surface area contributed by atoms with Crippen molar-refractivity contribution in [2.45, 2.75) is 38.3 Å². The van der Waals surface area contributed by atoms with E-state index in [2.05, 4.69) is 9.88 Å². The summed E-state index contributed by atoms with van der Waals surface area (Å²) in [5.74, 6) is -0.815. The van der Waals surface area contributed by atoms with Crippen molar-refractivity contribution in [1.82, 2.24) is 19.7 Å². The summed E-state index contributed by atoms with van der Waals surface area (Å²) in [6.07, 6.45) is 0.821. The van der Waals surface area contributed by atoms with Gasteiger partial charge in [-0.3, -0.25) is 14.6 Å². The van der Waals surface area contributed by atoms with Crippen molar-refractivity contribution < 1.29 is 24.2 Å². The predicted octanol–water partition coefficient (Wildman–Crippen LogP) is 4.04. The number of hydrogen-bond acceptors (Lipinski definition) is 5. The third kappa shape index (κ3) is 4.15. The number of fused-ring (bicyclic) bond motifs is 4. The zero-order valence-corrected chi connectivity index (χ0v) is 21.6. The quantitative estimate of drug-likeness (QED) is 0.383. The number of nitrogens with zero attached hydrogens (tertiary/aromatic N) is 3. The van der Waals surface area contributed by atoms with Gasteiger partial charge in [0.25, 0.3) is 5.91 Å². The lowest BCUT2D eigenvalue weighted by Crippen LogP contribution is -2.53. The summed E-state index contributed by atoms with van der Waals surface area (Å²) >= 11 is 6.12. The van der Waals surface area contributed by atoms with E-state index in [4.69, 9.17) is 11.6 Å². The van der Waals surface area contributed by atoms with Gasteiger partial charge in [-0.25, -0.2) is 9.18 Å². The Bertz CT molecular complexity index is 1380. The fourth-order valence-corrected chi connectivity index (χ4v) is 5.93. The normalized spacial score (nSPS) is 21.3.